The molecule has 0 aromatic heterocycles. The van der Waals surface area contributed by atoms with Crippen molar-refractivity contribution >= 4 is 11.4 Å². The van der Waals surface area contributed by atoms with Crippen molar-refractivity contribution in [2.75, 3.05) is 11.9 Å². The summed E-state index contributed by atoms with van der Waals surface area (Å²) >= 11 is 0. The molecule has 0 amide bonds. The van der Waals surface area contributed by atoms with E-state index in [1.165, 1.54) is 17.7 Å². The van der Waals surface area contributed by atoms with Gasteiger partial charge in [0.05, 0.1) is 11.6 Å². The third-order valence-corrected chi connectivity index (χ3v) is 2.82. The van der Waals surface area contributed by atoms with E-state index < -0.39 is 5.82 Å². The van der Waals surface area contributed by atoms with Crippen LogP contribution in [0.5, 0.6) is 0 Å². The second-order valence-corrected chi connectivity index (χ2v) is 4.20. The zero-order chi connectivity index (χ0) is 13.1. The Balaban J connectivity index is 2.39. The zero-order valence-corrected chi connectivity index (χ0v) is 10.3. The Bertz CT molecular complexity index is 597. The third kappa shape index (κ3) is 2.49. The first-order chi connectivity index (χ1) is 8.60. The Kier molecular flexibility index (Phi) is 3.29. The minimum Gasteiger partial charge on any atom is -0.345 e. The number of anilines is 2. The van der Waals surface area contributed by atoms with Gasteiger partial charge in [-0.15, -0.1) is 0 Å². The number of nitriles is 1. The van der Waals surface area contributed by atoms with Crippen LogP contribution in [0.2, 0.25) is 0 Å². The second-order valence-electron chi connectivity index (χ2n) is 4.20. The molecule has 0 heterocycles. The SMILES string of the molecule is Cc1ccc(N(C)c2cc(F)cc(C#N)c2)cc1. The predicted octanol–water partition coefficient (Wildman–Crippen LogP) is 3.77. The minimum absolute atomic E-state index is 0.323. The number of hydrogen-bond acceptors (Lipinski definition) is 2. The van der Waals surface area contributed by atoms with E-state index in [2.05, 4.69) is 0 Å². The maximum Gasteiger partial charge on any atom is 0.126 e. The van der Waals surface area contributed by atoms with Gasteiger partial charge >= 0.3 is 0 Å². The van der Waals surface area contributed by atoms with Crippen LogP contribution >= 0.6 is 0 Å². The molecule has 0 radical (unpaired) electrons. The summed E-state index contributed by atoms with van der Waals surface area (Å²) in [5.74, 6) is -0.400. The summed E-state index contributed by atoms with van der Waals surface area (Å²) in [6.07, 6.45) is 0. The van der Waals surface area contributed by atoms with Crippen molar-refractivity contribution in [1.82, 2.24) is 0 Å². The summed E-state index contributed by atoms with van der Waals surface area (Å²) in [4.78, 5) is 1.85. The lowest BCUT2D eigenvalue weighted by molar-refractivity contribution is 0.627. The molecule has 3 heteroatoms. The summed E-state index contributed by atoms with van der Waals surface area (Å²) in [5, 5.41) is 8.84. The molecule has 0 unspecified atom stereocenters. The average Bonchev–Trinajstić information content (AvgIpc) is 2.38. The summed E-state index contributed by atoms with van der Waals surface area (Å²) in [6.45, 7) is 2.01. The van der Waals surface area contributed by atoms with E-state index >= 15 is 0 Å². The Morgan fingerprint density at radius 1 is 1.06 bits per heavy atom. The molecule has 2 nitrogen and oxygen atoms in total. The highest BCUT2D eigenvalue weighted by molar-refractivity contribution is 5.64. The maximum atomic E-state index is 13.4. The highest BCUT2D eigenvalue weighted by Gasteiger charge is 2.07. The topological polar surface area (TPSA) is 27.0 Å². The first-order valence-corrected chi connectivity index (χ1v) is 5.61. The lowest BCUT2D eigenvalue weighted by Gasteiger charge is -2.20. The fourth-order valence-electron chi connectivity index (χ4n) is 1.75. The van der Waals surface area contributed by atoms with Crippen molar-refractivity contribution in [1.29, 1.82) is 5.26 Å². The largest absolute Gasteiger partial charge is 0.345 e. The van der Waals surface area contributed by atoms with Crippen LogP contribution in [0.4, 0.5) is 15.8 Å². The molecule has 0 aliphatic carbocycles. The van der Waals surface area contributed by atoms with E-state index in [4.69, 9.17) is 5.26 Å². The van der Waals surface area contributed by atoms with Crippen molar-refractivity contribution in [3.63, 3.8) is 0 Å². The van der Waals surface area contributed by atoms with E-state index in [1.807, 2.05) is 49.2 Å². The van der Waals surface area contributed by atoms with Crippen LogP contribution in [-0.4, -0.2) is 7.05 Å². The van der Waals surface area contributed by atoms with Crippen LogP contribution in [0, 0.1) is 24.1 Å². The molecule has 0 aliphatic heterocycles. The van der Waals surface area contributed by atoms with Gasteiger partial charge in [-0.3, -0.25) is 0 Å². The smallest absolute Gasteiger partial charge is 0.126 e. The monoisotopic (exact) mass is 240 g/mol. The highest BCUT2D eigenvalue weighted by Crippen LogP contribution is 2.25. The van der Waals surface area contributed by atoms with Gasteiger partial charge in [0.25, 0.3) is 0 Å². The zero-order valence-electron chi connectivity index (χ0n) is 10.3. The van der Waals surface area contributed by atoms with Gasteiger partial charge in [0.2, 0.25) is 0 Å². The molecule has 2 rings (SSSR count). The first kappa shape index (κ1) is 12.1. The fourth-order valence-corrected chi connectivity index (χ4v) is 1.75. The Morgan fingerprint density at radius 3 is 2.33 bits per heavy atom. The molecule has 0 spiro atoms. The van der Waals surface area contributed by atoms with E-state index in [0.717, 1.165) is 5.69 Å². The van der Waals surface area contributed by atoms with Crippen LogP contribution in [0.15, 0.2) is 42.5 Å². The van der Waals surface area contributed by atoms with Crippen molar-refractivity contribution in [2.45, 2.75) is 6.92 Å². The van der Waals surface area contributed by atoms with Gasteiger partial charge in [-0.1, -0.05) is 17.7 Å². The molecular formula is C15H13FN2. The fraction of sp³-hybridized carbons (Fsp3) is 0.133. The van der Waals surface area contributed by atoms with Crippen molar-refractivity contribution in [2.24, 2.45) is 0 Å². The summed E-state index contributed by atoms with van der Waals surface area (Å²) in [5.41, 5.74) is 3.11. The van der Waals surface area contributed by atoms with E-state index in [9.17, 15) is 4.39 Å². The molecule has 18 heavy (non-hydrogen) atoms. The second kappa shape index (κ2) is 4.89. The number of hydrogen-bond donors (Lipinski definition) is 0. The van der Waals surface area contributed by atoms with E-state index in [1.54, 1.807) is 6.07 Å². The van der Waals surface area contributed by atoms with Crippen LogP contribution in [0.3, 0.4) is 0 Å². The van der Waals surface area contributed by atoms with Crippen LogP contribution in [-0.2, 0) is 0 Å². The molecule has 0 atom stereocenters. The quantitative estimate of drug-likeness (QED) is 0.798. The lowest BCUT2D eigenvalue weighted by Crippen LogP contribution is -2.09. The first-order valence-electron chi connectivity index (χ1n) is 5.61. The molecule has 90 valence electrons. The number of rotatable bonds is 2. The lowest BCUT2D eigenvalue weighted by atomic mass is 10.1. The van der Waals surface area contributed by atoms with Crippen LogP contribution in [0.25, 0.3) is 0 Å². The molecule has 0 saturated heterocycles. The Hall–Kier alpha value is -2.34. The Labute approximate surface area is 106 Å². The van der Waals surface area contributed by atoms with Gasteiger partial charge in [-0.05, 0) is 37.3 Å². The number of benzene rings is 2. The van der Waals surface area contributed by atoms with Crippen LogP contribution in [0.1, 0.15) is 11.1 Å². The molecule has 2 aromatic rings. The summed E-state index contributed by atoms with van der Waals surface area (Å²) < 4.78 is 13.4. The Morgan fingerprint density at radius 2 is 1.72 bits per heavy atom. The van der Waals surface area contributed by atoms with Gasteiger partial charge in [0, 0.05) is 18.4 Å². The molecule has 0 fully saturated rings. The van der Waals surface area contributed by atoms with Crippen LogP contribution < -0.4 is 4.90 Å². The van der Waals surface area contributed by atoms with Crippen molar-refractivity contribution < 1.29 is 4.39 Å². The summed E-state index contributed by atoms with van der Waals surface area (Å²) in [6, 6.07) is 14.2. The summed E-state index contributed by atoms with van der Waals surface area (Å²) in [7, 11) is 1.85. The van der Waals surface area contributed by atoms with Crippen molar-refractivity contribution in [3.05, 3.63) is 59.4 Å². The molecule has 0 saturated carbocycles. The third-order valence-electron chi connectivity index (χ3n) is 2.82. The van der Waals surface area contributed by atoms with E-state index in [-0.39, 0.29) is 0 Å². The average molecular weight is 240 g/mol. The van der Waals surface area contributed by atoms with Gasteiger partial charge in [0.15, 0.2) is 0 Å². The molecule has 0 bridgehead atoms. The van der Waals surface area contributed by atoms with Gasteiger partial charge in [-0.25, -0.2) is 4.39 Å². The maximum absolute atomic E-state index is 13.4. The van der Waals surface area contributed by atoms with Gasteiger partial charge in [0.1, 0.15) is 5.82 Å². The number of nitrogens with zero attached hydrogens (tertiary/aromatic N) is 2. The molecular weight excluding hydrogens is 227 g/mol. The molecule has 0 aliphatic rings. The number of halogens is 1. The predicted molar refractivity (Wildman–Crippen MR) is 70.4 cm³/mol. The molecule has 2 aromatic carbocycles. The van der Waals surface area contributed by atoms with Gasteiger partial charge in [-0.2, -0.15) is 5.26 Å². The molecule has 0 N–H and O–H groups in total. The highest BCUT2D eigenvalue weighted by atomic mass is 19.1. The normalized spacial score (nSPS) is 9.89. The minimum atomic E-state index is -0.400. The van der Waals surface area contributed by atoms with E-state index in [0.29, 0.717) is 11.3 Å². The van der Waals surface area contributed by atoms with Crippen molar-refractivity contribution in [3.8, 4) is 6.07 Å². The standard InChI is InChI=1S/C15H13FN2/c1-11-3-5-14(6-4-11)18(2)15-8-12(10-17)7-13(16)9-15/h3-9H,1-2H3. The number of aryl methyl sites for hydroxylation is 1. The van der Waals surface area contributed by atoms with Gasteiger partial charge < -0.3 is 4.90 Å².